The topological polar surface area (TPSA) is 87.2 Å². The average Bonchev–Trinajstić information content (AvgIpc) is 3.06. The molecule has 1 atom stereocenters. The number of aromatic nitrogens is 2. The van der Waals surface area contributed by atoms with Gasteiger partial charge < -0.3 is 15.2 Å². The summed E-state index contributed by atoms with van der Waals surface area (Å²) in [6, 6.07) is 1.66. The van der Waals surface area contributed by atoms with Crippen LogP contribution in [0.3, 0.4) is 0 Å². The maximum absolute atomic E-state index is 11.6. The predicted molar refractivity (Wildman–Crippen MR) is 65.2 cm³/mol. The van der Waals surface area contributed by atoms with Crippen molar-refractivity contribution in [2.75, 3.05) is 19.8 Å². The van der Waals surface area contributed by atoms with Crippen molar-refractivity contribution in [3.63, 3.8) is 0 Å². The Morgan fingerprint density at radius 3 is 3.11 bits per heavy atom. The van der Waals surface area contributed by atoms with E-state index in [1.807, 2.05) is 6.92 Å². The minimum Gasteiger partial charge on any atom is -0.389 e. The first-order valence-electron chi connectivity index (χ1n) is 6.21. The first-order valence-corrected chi connectivity index (χ1v) is 6.21. The van der Waals surface area contributed by atoms with Gasteiger partial charge in [-0.3, -0.25) is 9.89 Å². The molecule has 6 heteroatoms. The van der Waals surface area contributed by atoms with Gasteiger partial charge in [0.25, 0.3) is 5.91 Å². The van der Waals surface area contributed by atoms with E-state index < -0.39 is 6.10 Å². The van der Waals surface area contributed by atoms with Crippen LogP contribution in [0.5, 0.6) is 0 Å². The lowest BCUT2D eigenvalue weighted by molar-refractivity contribution is 0.0320. The van der Waals surface area contributed by atoms with E-state index in [-0.39, 0.29) is 19.1 Å². The highest BCUT2D eigenvalue weighted by Gasteiger charge is 2.21. The molecule has 0 aromatic carbocycles. The Labute approximate surface area is 106 Å². The Morgan fingerprint density at radius 1 is 1.72 bits per heavy atom. The number of carbonyl (C=O) groups is 1. The molecule has 1 saturated carbocycles. The fourth-order valence-electron chi connectivity index (χ4n) is 1.55. The second-order valence-corrected chi connectivity index (χ2v) is 4.78. The number of nitrogens with zero attached hydrogens (tertiary/aromatic N) is 1. The number of H-pyrrole nitrogens is 1. The molecule has 1 heterocycles. The normalized spacial score (nSPS) is 16.6. The molecule has 0 radical (unpaired) electrons. The lowest BCUT2D eigenvalue weighted by Crippen LogP contribution is -2.34. The van der Waals surface area contributed by atoms with Crippen molar-refractivity contribution in [1.82, 2.24) is 15.5 Å². The molecule has 0 saturated heterocycles. The molecular weight excluding hydrogens is 234 g/mol. The number of amides is 1. The van der Waals surface area contributed by atoms with Crippen molar-refractivity contribution in [1.29, 1.82) is 0 Å². The quantitative estimate of drug-likeness (QED) is 0.649. The molecule has 1 aliphatic carbocycles. The number of carbonyl (C=O) groups excluding carboxylic acids is 1. The van der Waals surface area contributed by atoms with E-state index in [0.29, 0.717) is 18.2 Å². The van der Waals surface area contributed by atoms with E-state index in [0.717, 1.165) is 5.69 Å². The number of aliphatic hydroxyl groups excluding tert-OH is 1. The number of aromatic amines is 1. The number of nitrogens with one attached hydrogen (secondary N) is 2. The zero-order valence-electron chi connectivity index (χ0n) is 10.5. The Balaban J connectivity index is 1.62. The molecular formula is C12H19N3O3. The first kappa shape index (κ1) is 13.0. The smallest absolute Gasteiger partial charge is 0.271 e. The summed E-state index contributed by atoms with van der Waals surface area (Å²) < 4.78 is 5.34. The summed E-state index contributed by atoms with van der Waals surface area (Å²) in [6.07, 6.45) is 1.78. The van der Waals surface area contributed by atoms with Gasteiger partial charge in [0.1, 0.15) is 5.69 Å². The fourth-order valence-corrected chi connectivity index (χ4v) is 1.55. The van der Waals surface area contributed by atoms with Crippen LogP contribution >= 0.6 is 0 Å². The number of aliphatic hydroxyl groups is 1. The monoisotopic (exact) mass is 253 g/mol. The van der Waals surface area contributed by atoms with Gasteiger partial charge in [0, 0.05) is 18.8 Å². The van der Waals surface area contributed by atoms with Crippen molar-refractivity contribution >= 4 is 5.91 Å². The van der Waals surface area contributed by atoms with Crippen LogP contribution in [-0.2, 0) is 4.74 Å². The summed E-state index contributed by atoms with van der Waals surface area (Å²) in [7, 11) is 0. The maximum Gasteiger partial charge on any atom is 0.271 e. The predicted octanol–water partition coefficient (Wildman–Crippen LogP) is 0.235. The third-order valence-corrected chi connectivity index (χ3v) is 2.80. The molecule has 3 N–H and O–H groups in total. The zero-order valence-corrected chi connectivity index (χ0v) is 10.5. The fraction of sp³-hybridized carbons (Fsp3) is 0.667. The molecule has 2 rings (SSSR count). The molecule has 1 aromatic rings. The van der Waals surface area contributed by atoms with E-state index in [4.69, 9.17) is 4.74 Å². The highest BCUT2D eigenvalue weighted by atomic mass is 16.5. The Hall–Kier alpha value is -1.40. The van der Waals surface area contributed by atoms with E-state index >= 15 is 0 Å². The van der Waals surface area contributed by atoms with Crippen molar-refractivity contribution < 1.29 is 14.6 Å². The van der Waals surface area contributed by atoms with Crippen LogP contribution < -0.4 is 5.32 Å². The van der Waals surface area contributed by atoms with E-state index in [1.54, 1.807) is 6.07 Å². The van der Waals surface area contributed by atoms with Crippen LogP contribution in [0.2, 0.25) is 0 Å². The van der Waals surface area contributed by atoms with E-state index in [2.05, 4.69) is 15.5 Å². The molecule has 6 nitrogen and oxygen atoms in total. The van der Waals surface area contributed by atoms with Gasteiger partial charge in [-0.15, -0.1) is 0 Å². The number of hydrogen-bond donors (Lipinski definition) is 3. The summed E-state index contributed by atoms with van der Waals surface area (Å²) in [5.41, 5.74) is 1.16. The highest BCUT2D eigenvalue weighted by molar-refractivity contribution is 5.92. The van der Waals surface area contributed by atoms with Gasteiger partial charge >= 0.3 is 0 Å². The highest BCUT2D eigenvalue weighted by Crippen LogP contribution is 2.28. The molecule has 100 valence electrons. The molecule has 1 fully saturated rings. The standard InChI is InChI=1S/C12H19N3O3/c1-8-4-11(15-14-8)12(17)13-5-10(16)7-18-6-9-2-3-9/h4,9-10,16H,2-3,5-7H2,1H3,(H,13,17)(H,14,15). The van der Waals surface area contributed by atoms with Crippen molar-refractivity contribution in [2.45, 2.75) is 25.9 Å². The summed E-state index contributed by atoms with van der Waals surface area (Å²) in [6.45, 7) is 2.97. The van der Waals surface area contributed by atoms with Crippen molar-refractivity contribution in [3.05, 3.63) is 17.5 Å². The van der Waals surface area contributed by atoms with Gasteiger partial charge in [-0.2, -0.15) is 5.10 Å². The maximum atomic E-state index is 11.6. The summed E-state index contributed by atoms with van der Waals surface area (Å²) in [5, 5.41) is 18.8. The van der Waals surface area contributed by atoms with E-state index in [1.165, 1.54) is 12.8 Å². The summed E-state index contributed by atoms with van der Waals surface area (Å²) in [4.78, 5) is 11.6. The molecule has 0 spiro atoms. The molecule has 0 bridgehead atoms. The Bertz CT molecular complexity index is 401. The Kier molecular flexibility index (Phi) is 4.33. The van der Waals surface area contributed by atoms with E-state index in [9.17, 15) is 9.90 Å². The molecule has 1 aromatic heterocycles. The first-order chi connectivity index (χ1) is 8.65. The third kappa shape index (κ3) is 4.12. The largest absolute Gasteiger partial charge is 0.389 e. The van der Waals surface area contributed by atoms with Crippen LogP contribution in [0, 0.1) is 12.8 Å². The third-order valence-electron chi connectivity index (χ3n) is 2.80. The second kappa shape index (κ2) is 5.97. The van der Waals surface area contributed by atoms with Crippen LogP contribution in [0.15, 0.2) is 6.07 Å². The van der Waals surface area contributed by atoms with Gasteiger partial charge in [-0.25, -0.2) is 0 Å². The van der Waals surface area contributed by atoms with Crippen LogP contribution in [0.4, 0.5) is 0 Å². The number of rotatable bonds is 7. The van der Waals surface area contributed by atoms with Crippen LogP contribution in [-0.4, -0.2) is 47.1 Å². The van der Waals surface area contributed by atoms with Gasteiger partial charge in [0.15, 0.2) is 0 Å². The Morgan fingerprint density at radius 2 is 2.50 bits per heavy atom. The van der Waals surface area contributed by atoms with Gasteiger partial charge in [-0.05, 0) is 31.7 Å². The molecule has 1 aliphatic rings. The van der Waals surface area contributed by atoms with Gasteiger partial charge in [0.2, 0.25) is 0 Å². The van der Waals surface area contributed by atoms with Crippen molar-refractivity contribution in [3.8, 4) is 0 Å². The lowest BCUT2D eigenvalue weighted by Gasteiger charge is -2.11. The minimum atomic E-state index is -0.673. The molecule has 18 heavy (non-hydrogen) atoms. The average molecular weight is 253 g/mol. The second-order valence-electron chi connectivity index (χ2n) is 4.78. The number of aryl methyl sites for hydroxylation is 1. The summed E-state index contributed by atoms with van der Waals surface area (Å²) >= 11 is 0. The lowest BCUT2D eigenvalue weighted by atomic mass is 10.3. The minimum absolute atomic E-state index is 0.176. The number of hydrogen-bond acceptors (Lipinski definition) is 4. The number of ether oxygens (including phenoxy) is 1. The van der Waals surface area contributed by atoms with Gasteiger partial charge in [-0.1, -0.05) is 0 Å². The molecule has 1 unspecified atom stereocenters. The summed E-state index contributed by atoms with van der Waals surface area (Å²) in [5.74, 6) is 0.388. The van der Waals surface area contributed by atoms with Crippen molar-refractivity contribution in [2.24, 2.45) is 5.92 Å². The SMILES string of the molecule is Cc1cc(C(=O)NCC(O)COCC2CC2)n[nH]1. The molecule has 0 aliphatic heterocycles. The molecule has 1 amide bonds. The van der Waals surface area contributed by atoms with Crippen LogP contribution in [0.25, 0.3) is 0 Å². The van der Waals surface area contributed by atoms with Crippen LogP contribution in [0.1, 0.15) is 29.0 Å². The zero-order chi connectivity index (χ0) is 13.0. The van der Waals surface area contributed by atoms with Gasteiger partial charge in [0.05, 0.1) is 12.7 Å².